The Labute approximate surface area is 389 Å². The van der Waals surface area contributed by atoms with E-state index in [4.69, 9.17) is 9.47 Å². The average Bonchev–Trinajstić information content (AvgIpc) is 3.27. The van der Waals surface area contributed by atoms with Gasteiger partial charge in [0.1, 0.15) is 0 Å². The molecule has 62 heavy (non-hydrogen) atoms. The van der Waals surface area contributed by atoms with Crippen molar-refractivity contribution in [2.75, 3.05) is 13.2 Å². The number of esters is 2. The van der Waals surface area contributed by atoms with E-state index in [0.29, 0.717) is 26.1 Å². The van der Waals surface area contributed by atoms with Crippen molar-refractivity contribution >= 4 is 11.9 Å². The summed E-state index contributed by atoms with van der Waals surface area (Å²) in [7, 11) is 0. The molecule has 4 nitrogen and oxygen atoms in total. The van der Waals surface area contributed by atoms with Gasteiger partial charge in [0, 0.05) is 12.8 Å². The molecule has 366 valence electrons. The van der Waals surface area contributed by atoms with Crippen molar-refractivity contribution in [2.45, 2.75) is 310 Å². The summed E-state index contributed by atoms with van der Waals surface area (Å²) >= 11 is 0. The molecule has 2 unspecified atom stereocenters. The maximum Gasteiger partial charge on any atom is 0.305 e. The molecule has 0 aliphatic heterocycles. The fourth-order valence-corrected chi connectivity index (χ4v) is 8.66. The van der Waals surface area contributed by atoms with Gasteiger partial charge < -0.3 is 9.47 Å². The second-order valence-electron chi connectivity index (χ2n) is 19.7. The molecule has 0 spiro atoms. The Hall–Kier alpha value is -1.58. The van der Waals surface area contributed by atoms with Crippen molar-refractivity contribution in [1.29, 1.82) is 0 Å². The number of hydrogen-bond donors (Lipinski definition) is 0. The lowest BCUT2D eigenvalue weighted by atomic mass is 9.91. The maximum atomic E-state index is 12.1. The van der Waals surface area contributed by atoms with E-state index < -0.39 is 0 Å². The largest absolute Gasteiger partial charge is 0.466 e. The topological polar surface area (TPSA) is 52.6 Å². The second-order valence-corrected chi connectivity index (χ2v) is 19.7. The van der Waals surface area contributed by atoms with E-state index in [-0.39, 0.29) is 11.9 Å². The molecule has 0 aromatic heterocycles. The van der Waals surface area contributed by atoms with Gasteiger partial charge in [-0.25, -0.2) is 0 Å². The van der Waals surface area contributed by atoms with Crippen LogP contribution in [-0.2, 0) is 19.1 Å². The molecule has 4 heteroatoms. The number of hydrogen-bond acceptors (Lipinski definition) is 4. The van der Waals surface area contributed by atoms with Crippen LogP contribution in [-0.4, -0.2) is 25.2 Å². The minimum absolute atomic E-state index is 0.00716. The molecule has 0 radical (unpaired) electrons. The zero-order valence-electron chi connectivity index (χ0n) is 42.6. The van der Waals surface area contributed by atoms with Gasteiger partial charge in [0.2, 0.25) is 0 Å². The highest BCUT2D eigenvalue weighted by Gasteiger charge is 2.08. The molecule has 0 heterocycles. The molecule has 0 saturated carbocycles. The molecule has 0 N–H and O–H groups in total. The Morgan fingerprint density at radius 2 is 0.581 bits per heavy atom. The van der Waals surface area contributed by atoms with Crippen molar-refractivity contribution in [3.63, 3.8) is 0 Å². The first kappa shape index (κ1) is 60.4. The third-order valence-electron chi connectivity index (χ3n) is 13.1. The summed E-state index contributed by atoms with van der Waals surface area (Å²) in [6.07, 6.45) is 64.5. The van der Waals surface area contributed by atoms with Crippen molar-refractivity contribution < 1.29 is 19.1 Å². The zero-order valence-corrected chi connectivity index (χ0v) is 42.6. The van der Waals surface area contributed by atoms with Gasteiger partial charge in [-0.3, -0.25) is 9.59 Å². The van der Waals surface area contributed by atoms with Gasteiger partial charge in [-0.15, -0.1) is 0 Å². The number of unbranched alkanes of at least 4 members (excludes halogenated alkanes) is 32. The molecular weight excluding hydrogens is 761 g/mol. The molecule has 0 aliphatic carbocycles. The summed E-state index contributed by atoms with van der Waals surface area (Å²) in [5.41, 5.74) is 0. The van der Waals surface area contributed by atoms with Crippen LogP contribution in [0.2, 0.25) is 0 Å². The van der Waals surface area contributed by atoms with E-state index in [1.807, 2.05) is 0 Å². The fourth-order valence-electron chi connectivity index (χ4n) is 8.66. The van der Waals surface area contributed by atoms with Crippen LogP contribution >= 0.6 is 0 Å². The highest BCUT2D eigenvalue weighted by atomic mass is 16.5. The summed E-state index contributed by atoms with van der Waals surface area (Å²) in [5.74, 6) is 1.70. The van der Waals surface area contributed by atoms with E-state index >= 15 is 0 Å². The predicted molar refractivity (Wildman–Crippen MR) is 273 cm³/mol. The van der Waals surface area contributed by atoms with Gasteiger partial charge in [-0.2, -0.15) is 0 Å². The standard InChI is InChI=1S/C58H110O4/c1-5-7-9-11-13-15-17-19-21-23-25-27-29-37-43-49-57(59)61-53-45-39-33-31-35-41-47-55(3)51-52-56(4)48-42-36-32-34-40-46-54-62-58(60)50-44-38-30-28-26-24-22-20-18-16-14-12-10-8-6-2/h19-22,55-56H,5-18,23-54H2,1-4H3/b21-19-,22-20-. The first-order valence-corrected chi connectivity index (χ1v) is 28.1. The Balaban J connectivity index is 3.39. The van der Waals surface area contributed by atoms with E-state index in [0.717, 1.165) is 50.4 Å². The number of rotatable bonds is 51. The molecule has 0 saturated heterocycles. The van der Waals surface area contributed by atoms with Crippen LogP contribution in [0.4, 0.5) is 0 Å². The van der Waals surface area contributed by atoms with Gasteiger partial charge in [0.15, 0.2) is 0 Å². The lowest BCUT2D eigenvalue weighted by Gasteiger charge is -2.15. The SMILES string of the molecule is CCCCCCCC/C=C\CCCCCCCC(=O)OCCCCCCCCC(C)CCC(C)CCCCCCCCOC(=O)CCCCCCC/C=C\CCCCCCCC. The van der Waals surface area contributed by atoms with Gasteiger partial charge in [0.25, 0.3) is 0 Å². The lowest BCUT2D eigenvalue weighted by Crippen LogP contribution is -2.05. The molecule has 0 aliphatic rings. The normalized spacial score (nSPS) is 12.8. The average molecular weight is 872 g/mol. The van der Waals surface area contributed by atoms with E-state index in [1.165, 1.54) is 231 Å². The zero-order chi connectivity index (χ0) is 45.1. The van der Waals surface area contributed by atoms with Crippen LogP contribution in [0.5, 0.6) is 0 Å². The minimum Gasteiger partial charge on any atom is -0.466 e. The van der Waals surface area contributed by atoms with E-state index in [9.17, 15) is 9.59 Å². The van der Waals surface area contributed by atoms with Crippen molar-refractivity contribution in [3.8, 4) is 0 Å². The molecule has 0 rings (SSSR count). The first-order valence-electron chi connectivity index (χ1n) is 28.1. The fraction of sp³-hybridized carbons (Fsp3) is 0.897. The lowest BCUT2D eigenvalue weighted by molar-refractivity contribution is -0.144. The molecule has 0 fully saturated rings. The van der Waals surface area contributed by atoms with Gasteiger partial charge >= 0.3 is 11.9 Å². The molecule has 0 aromatic carbocycles. The minimum atomic E-state index is 0.00716. The third kappa shape index (κ3) is 51.1. The Morgan fingerprint density at radius 1 is 0.323 bits per heavy atom. The number of carbonyl (C=O) groups excluding carboxylic acids is 2. The van der Waals surface area contributed by atoms with Crippen LogP contribution in [0.1, 0.15) is 310 Å². The van der Waals surface area contributed by atoms with Crippen LogP contribution in [0.25, 0.3) is 0 Å². The van der Waals surface area contributed by atoms with Crippen LogP contribution in [0.3, 0.4) is 0 Å². The molecule has 0 amide bonds. The summed E-state index contributed by atoms with van der Waals surface area (Å²) in [6, 6.07) is 0. The van der Waals surface area contributed by atoms with Crippen LogP contribution in [0, 0.1) is 11.8 Å². The number of allylic oxidation sites excluding steroid dienone is 4. The van der Waals surface area contributed by atoms with E-state index in [2.05, 4.69) is 52.0 Å². The number of ether oxygens (including phenoxy) is 2. The highest BCUT2D eigenvalue weighted by molar-refractivity contribution is 5.69. The highest BCUT2D eigenvalue weighted by Crippen LogP contribution is 2.22. The van der Waals surface area contributed by atoms with Crippen molar-refractivity contribution in [1.82, 2.24) is 0 Å². The van der Waals surface area contributed by atoms with Crippen molar-refractivity contribution in [2.24, 2.45) is 11.8 Å². The van der Waals surface area contributed by atoms with Gasteiger partial charge in [-0.1, -0.05) is 245 Å². The quantitative estimate of drug-likeness (QED) is 0.0347. The maximum absolute atomic E-state index is 12.1. The Bertz CT molecular complexity index is 879. The van der Waals surface area contributed by atoms with Gasteiger partial charge in [-0.05, 0) is 88.9 Å². The molecule has 0 bridgehead atoms. The monoisotopic (exact) mass is 871 g/mol. The summed E-state index contributed by atoms with van der Waals surface area (Å²) in [5, 5.41) is 0. The third-order valence-corrected chi connectivity index (χ3v) is 13.1. The molecular formula is C58H110O4. The second kappa shape index (κ2) is 52.0. The summed E-state index contributed by atoms with van der Waals surface area (Å²) < 4.78 is 11.0. The smallest absolute Gasteiger partial charge is 0.305 e. The molecule has 0 aromatic rings. The molecule has 2 atom stereocenters. The van der Waals surface area contributed by atoms with Crippen LogP contribution in [0.15, 0.2) is 24.3 Å². The summed E-state index contributed by atoms with van der Waals surface area (Å²) in [4.78, 5) is 24.2. The van der Waals surface area contributed by atoms with Gasteiger partial charge in [0.05, 0.1) is 13.2 Å². The first-order chi connectivity index (χ1) is 30.5. The predicted octanol–water partition coefficient (Wildman–Crippen LogP) is 19.7. The Morgan fingerprint density at radius 3 is 0.903 bits per heavy atom. The van der Waals surface area contributed by atoms with Crippen molar-refractivity contribution in [3.05, 3.63) is 24.3 Å². The number of carbonyl (C=O) groups is 2. The summed E-state index contributed by atoms with van der Waals surface area (Å²) in [6.45, 7) is 10.7. The Kier molecular flexibility index (Phi) is 50.7. The van der Waals surface area contributed by atoms with E-state index in [1.54, 1.807) is 0 Å². The van der Waals surface area contributed by atoms with Crippen LogP contribution < -0.4 is 0 Å².